The van der Waals surface area contributed by atoms with E-state index in [1.54, 1.807) is 0 Å². The average molecular weight is 171 g/mol. The molecule has 1 aliphatic rings. The molecule has 1 atom stereocenters. The van der Waals surface area contributed by atoms with Crippen LogP contribution in [0.3, 0.4) is 0 Å². The van der Waals surface area contributed by atoms with Crippen molar-refractivity contribution in [2.75, 3.05) is 33.2 Å². The van der Waals surface area contributed by atoms with Crippen LogP contribution in [-0.4, -0.2) is 55.0 Å². The summed E-state index contributed by atoms with van der Waals surface area (Å²) in [4.78, 5) is 15.5. The maximum atomic E-state index is 11.6. The minimum Gasteiger partial charge on any atom is -0.340 e. The monoisotopic (exact) mass is 171 g/mol. The lowest BCUT2D eigenvalue weighted by Gasteiger charge is -2.37. The fraction of sp³-hybridized carbons (Fsp3) is 0.875. The summed E-state index contributed by atoms with van der Waals surface area (Å²) in [5.41, 5.74) is 5.51. The molecule has 0 aromatic heterocycles. The van der Waals surface area contributed by atoms with E-state index >= 15 is 0 Å². The molecule has 2 N–H and O–H groups in total. The van der Waals surface area contributed by atoms with Gasteiger partial charge in [-0.3, -0.25) is 9.69 Å². The van der Waals surface area contributed by atoms with Gasteiger partial charge < -0.3 is 10.6 Å². The Labute approximate surface area is 73.3 Å². The van der Waals surface area contributed by atoms with E-state index in [1.165, 1.54) is 0 Å². The molecule has 1 aliphatic heterocycles. The second kappa shape index (κ2) is 3.87. The van der Waals surface area contributed by atoms with Crippen LogP contribution in [0.2, 0.25) is 0 Å². The molecule has 70 valence electrons. The minimum absolute atomic E-state index is 0.0984. The molecule has 4 nitrogen and oxygen atoms in total. The number of hydrogen-bond donors (Lipinski definition) is 1. The van der Waals surface area contributed by atoms with Crippen LogP contribution in [0, 0.1) is 0 Å². The van der Waals surface area contributed by atoms with Gasteiger partial charge in [-0.05, 0) is 14.0 Å². The standard InChI is InChI=1S/C8H17N3O/c1-3-11-5-4-10(2)7(6-9)8(11)12/h7H,3-6,9H2,1-2H3. The summed E-state index contributed by atoms with van der Waals surface area (Å²) in [6, 6.07) is -0.0984. The molecule has 12 heavy (non-hydrogen) atoms. The molecule has 1 rings (SSSR count). The molecule has 0 radical (unpaired) electrons. The van der Waals surface area contributed by atoms with Crippen molar-refractivity contribution in [3.05, 3.63) is 0 Å². The fourth-order valence-electron chi connectivity index (χ4n) is 1.54. The zero-order valence-corrected chi connectivity index (χ0v) is 7.79. The van der Waals surface area contributed by atoms with Crippen molar-refractivity contribution < 1.29 is 4.79 Å². The lowest BCUT2D eigenvalue weighted by Crippen LogP contribution is -2.58. The Morgan fingerprint density at radius 1 is 1.58 bits per heavy atom. The number of amides is 1. The first-order chi connectivity index (χ1) is 5.70. The lowest BCUT2D eigenvalue weighted by atomic mass is 10.1. The first-order valence-electron chi connectivity index (χ1n) is 4.39. The number of nitrogens with zero attached hydrogens (tertiary/aromatic N) is 2. The Bertz CT molecular complexity index is 172. The number of rotatable bonds is 2. The van der Waals surface area contributed by atoms with Crippen LogP contribution < -0.4 is 5.73 Å². The number of piperazine rings is 1. The van der Waals surface area contributed by atoms with Crippen LogP contribution in [0.1, 0.15) is 6.92 Å². The van der Waals surface area contributed by atoms with Gasteiger partial charge in [-0.2, -0.15) is 0 Å². The van der Waals surface area contributed by atoms with E-state index in [0.29, 0.717) is 6.54 Å². The molecular formula is C8H17N3O. The average Bonchev–Trinajstić information content (AvgIpc) is 2.06. The SMILES string of the molecule is CCN1CCN(C)C(CN)C1=O. The van der Waals surface area contributed by atoms with Crippen LogP contribution in [0.25, 0.3) is 0 Å². The van der Waals surface area contributed by atoms with Crippen molar-refractivity contribution in [2.45, 2.75) is 13.0 Å². The zero-order valence-electron chi connectivity index (χ0n) is 7.79. The highest BCUT2D eigenvalue weighted by Crippen LogP contribution is 2.07. The summed E-state index contributed by atoms with van der Waals surface area (Å²) in [5, 5.41) is 0. The summed E-state index contributed by atoms with van der Waals surface area (Å²) in [5.74, 6) is 0.175. The Balaban J connectivity index is 2.63. The van der Waals surface area contributed by atoms with Gasteiger partial charge in [0, 0.05) is 26.2 Å². The Hall–Kier alpha value is -0.610. The molecule has 0 saturated carbocycles. The predicted octanol–water partition coefficient (Wildman–Crippen LogP) is -0.892. The van der Waals surface area contributed by atoms with Crippen LogP contribution in [0.5, 0.6) is 0 Å². The lowest BCUT2D eigenvalue weighted by molar-refractivity contribution is -0.140. The van der Waals surface area contributed by atoms with E-state index < -0.39 is 0 Å². The van der Waals surface area contributed by atoms with Crippen molar-refractivity contribution in [3.63, 3.8) is 0 Å². The van der Waals surface area contributed by atoms with Crippen molar-refractivity contribution in [2.24, 2.45) is 5.73 Å². The highest BCUT2D eigenvalue weighted by atomic mass is 16.2. The van der Waals surface area contributed by atoms with E-state index in [1.807, 2.05) is 23.8 Å². The van der Waals surface area contributed by atoms with Crippen LogP contribution in [0.4, 0.5) is 0 Å². The highest BCUT2D eigenvalue weighted by molar-refractivity contribution is 5.82. The largest absolute Gasteiger partial charge is 0.340 e. The summed E-state index contributed by atoms with van der Waals surface area (Å²) in [7, 11) is 1.95. The van der Waals surface area contributed by atoms with Gasteiger partial charge in [-0.15, -0.1) is 0 Å². The van der Waals surface area contributed by atoms with Crippen LogP contribution >= 0.6 is 0 Å². The zero-order chi connectivity index (χ0) is 9.14. The summed E-state index contributed by atoms with van der Waals surface area (Å²) in [6.07, 6.45) is 0. The minimum atomic E-state index is -0.0984. The smallest absolute Gasteiger partial charge is 0.241 e. The van der Waals surface area contributed by atoms with Gasteiger partial charge in [0.15, 0.2) is 0 Å². The molecule has 1 fully saturated rings. The van der Waals surface area contributed by atoms with E-state index in [4.69, 9.17) is 5.73 Å². The Kier molecular flexibility index (Phi) is 3.05. The second-order valence-electron chi connectivity index (χ2n) is 3.15. The number of carbonyl (C=O) groups is 1. The topological polar surface area (TPSA) is 49.6 Å². The first-order valence-corrected chi connectivity index (χ1v) is 4.39. The number of hydrogen-bond acceptors (Lipinski definition) is 3. The van der Waals surface area contributed by atoms with E-state index in [2.05, 4.69) is 0 Å². The molecular weight excluding hydrogens is 154 g/mol. The van der Waals surface area contributed by atoms with Gasteiger partial charge in [0.2, 0.25) is 5.91 Å². The maximum absolute atomic E-state index is 11.6. The molecule has 1 amide bonds. The fourth-order valence-corrected chi connectivity index (χ4v) is 1.54. The highest BCUT2D eigenvalue weighted by Gasteiger charge is 2.30. The molecule has 0 bridgehead atoms. The third kappa shape index (κ3) is 1.59. The normalized spacial score (nSPS) is 26.4. The number of nitrogens with two attached hydrogens (primary N) is 1. The molecule has 4 heteroatoms. The van der Waals surface area contributed by atoms with E-state index in [9.17, 15) is 4.79 Å². The van der Waals surface area contributed by atoms with Crippen molar-refractivity contribution in [1.29, 1.82) is 0 Å². The van der Waals surface area contributed by atoms with Crippen molar-refractivity contribution in [1.82, 2.24) is 9.80 Å². The van der Waals surface area contributed by atoms with E-state index in [0.717, 1.165) is 19.6 Å². The van der Waals surface area contributed by atoms with E-state index in [-0.39, 0.29) is 11.9 Å². The van der Waals surface area contributed by atoms with Gasteiger partial charge in [0.1, 0.15) is 6.04 Å². The van der Waals surface area contributed by atoms with Crippen molar-refractivity contribution >= 4 is 5.91 Å². The predicted molar refractivity (Wildman–Crippen MR) is 47.7 cm³/mol. The van der Waals surface area contributed by atoms with Crippen molar-refractivity contribution in [3.8, 4) is 0 Å². The van der Waals surface area contributed by atoms with Gasteiger partial charge in [0.25, 0.3) is 0 Å². The maximum Gasteiger partial charge on any atom is 0.241 e. The third-order valence-electron chi connectivity index (χ3n) is 2.46. The quantitative estimate of drug-likeness (QED) is 0.586. The van der Waals surface area contributed by atoms with Gasteiger partial charge in [0.05, 0.1) is 0 Å². The number of carbonyl (C=O) groups excluding carboxylic acids is 1. The molecule has 0 aliphatic carbocycles. The molecule has 0 aromatic carbocycles. The molecule has 0 aromatic rings. The van der Waals surface area contributed by atoms with Crippen LogP contribution in [0.15, 0.2) is 0 Å². The molecule has 1 unspecified atom stereocenters. The van der Waals surface area contributed by atoms with Crippen LogP contribution in [-0.2, 0) is 4.79 Å². The second-order valence-corrected chi connectivity index (χ2v) is 3.15. The molecule has 1 heterocycles. The summed E-state index contributed by atoms with van der Waals surface area (Å²) < 4.78 is 0. The number of likely N-dealkylation sites (N-methyl/N-ethyl adjacent to an activating group) is 2. The Morgan fingerprint density at radius 3 is 2.75 bits per heavy atom. The Morgan fingerprint density at radius 2 is 2.25 bits per heavy atom. The summed E-state index contributed by atoms with van der Waals surface area (Å²) in [6.45, 7) is 4.98. The third-order valence-corrected chi connectivity index (χ3v) is 2.46. The van der Waals surface area contributed by atoms with Gasteiger partial charge in [-0.1, -0.05) is 0 Å². The molecule has 0 spiro atoms. The van der Waals surface area contributed by atoms with Gasteiger partial charge in [-0.25, -0.2) is 0 Å². The summed E-state index contributed by atoms with van der Waals surface area (Å²) >= 11 is 0. The molecule has 1 saturated heterocycles. The first kappa shape index (κ1) is 9.48. The van der Waals surface area contributed by atoms with Gasteiger partial charge >= 0.3 is 0 Å².